The quantitative estimate of drug-likeness (QED) is 0.158. The van der Waals surface area contributed by atoms with Crippen LogP contribution in [-0.4, -0.2) is 84.9 Å². The van der Waals surface area contributed by atoms with Crippen LogP contribution < -0.4 is 34.7 Å². The third kappa shape index (κ3) is 9.53. The first-order valence-corrected chi connectivity index (χ1v) is 16.9. The maximum absolute atomic E-state index is 12.5. The topological polar surface area (TPSA) is 200 Å². The van der Waals surface area contributed by atoms with Gasteiger partial charge in [0.15, 0.2) is 0 Å². The first-order chi connectivity index (χ1) is 24.0. The summed E-state index contributed by atoms with van der Waals surface area (Å²) in [7, 11) is -0.133. The van der Waals surface area contributed by atoms with Crippen molar-refractivity contribution in [1.82, 2.24) is 34.0 Å². The summed E-state index contributed by atoms with van der Waals surface area (Å²) < 4.78 is 55.2. The molecule has 0 fully saturated rings. The molecule has 4 aromatic rings. The molecule has 0 bridgehead atoms. The summed E-state index contributed by atoms with van der Waals surface area (Å²) >= 11 is 12.3. The number of nitrogens with one attached hydrogen (secondary N) is 2. The van der Waals surface area contributed by atoms with Gasteiger partial charge in [-0.2, -0.15) is 14.6 Å². The van der Waals surface area contributed by atoms with Crippen LogP contribution >= 0.6 is 23.2 Å². The van der Waals surface area contributed by atoms with Gasteiger partial charge in [0, 0.05) is 26.1 Å². The minimum absolute atomic E-state index is 0.0725. The Kier molecular flexibility index (Phi) is 13.2. The number of methoxy groups -OCH3 is 3. The third-order valence-corrected chi connectivity index (χ3v) is 8.58. The lowest BCUT2D eigenvalue weighted by atomic mass is 10.2. The Bertz CT molecular complexity index is 2010. The average molecular weight is 752 g/mol. The summed E-state index contributed by atoms with van der Waals surface area (Å²) in [6.45, 7) is 1.17. The molecule has 0 unspecified atom stereocenters. The summed E-state index contributed by atoms with van der Waals surface area (Å²) in [6.07, 6.45) is 7.97. The fraction of sp³-hybridized carbons (Fsp3) is 0.333. The molecule has 2 amide bonds. The number of sulfonamides is 1. The van der Waals surface area contributed by atoms with E-state index in [4.69, 9.17) is 53.3 Å². The molecule has 17 nitrogen and oxygen atoms in total. The second-order valence-electron chi connectivity index (χ2n) is 9.93. The van der Waals surface area contributed by atoms with E-state index in [2.05, 4.69) is 31.3 Å². The van der Waals surface area contributed by atoms with Crippen molar-refractivity contribution in [3.8, 4) is 41.6 Å². The normalized spacial score (nSPS) is 12.0. The number of nitrogens with zero attached hydrogens (tertiary/aromatic N) is 6. The van der Waals surface area contributed by atoms with Gasteiger partial charge in [-0.3, -0.25) is 9.88 Å². The molecule has 266 valence electrons. The highest BCUT2D eigenvalue weighted by molar-refractivity contribution is 7.90. The molecule has 0 aliphatic carbocycles. The lowest BCUT2D eigenvalue weighted by molar-refractivity contribution is 0.144. The van der Waals surface area contributed by atoms with Crippen molar-refractivity contribution < 1.29 is 36.9 Å². The fourth-order valence-corrected chi connectivity index (χ4v) is 5.95. The summed E-state index contributed by atoms with van der Waals surface area (Å²) in [5, 5.41) is 7.22. The molecule has 50 heavy (non-hydrogen) atoms. The number of hydrogen-bond donors (Lipinski definition) is 2. The van der Waals surface area contributed by atoms with Gasteiger partial charge < -0.3 is 23.7 Å². The smallest absolute Gasteiger partial charge is 0.350 e. The van der Waals surface area contributed by atoms with Crippen molar-refractivity contribution in [3.63, 3.8) is 0 Å². The highest BCUT2D eigenvalue weighted by Gasteiger charge is 2.23. The van der Waals surface area contributed by atoms with Crippen LogP contribution in [0.2, 0.25) is 10.0 Å². The minimum Gasteiger partial charge on any atom is -0.490 e. The van der Waals surface area contributed by atoms with E-state index >= 15 is 0 Å². The lowest BCUT2D eigenvalue weighted by Crippen LogP contribution is -2.35. The van der Waals surface area contributed by atoms with Crippen LogP contribution in [0.4, 0.5) is 10.7 Å². The number of aryl methyl sites for hydroxylation is 1. The number of aromatic nitrogens is 6. The average Bonchev–Trinajstić information content (AvgIpc) is 3.43. The van der Waals surface area contributed by atoms with Crippen LogP contribution in [-0.2, 0) is 27.7 Å². The molecule has 0 spiro atoms. The zero-order valence-corrected chi connectivity index (χ0v) is 29.3. The number of rotatable bonds is 12. The van der Waals surface area contributed by atoms with Crippen molar-refractivity contribution in [3.05, 3.63) is 62.8 Å². The van der Waals surface area contributed by atoms with Crippen molar-refractivity contribution >= 4 is 45.2 Å². The first kappa shape index (κ1) is 37.7. The Morgan fingerprint density at radius 2 is 1.70 bits per heavy atom. The minimum atomic E-state index is -4.24. The van der Waals surface area contributed by atoms with Crippen molar-refractivity contribution in [2.75, 3.05) is 46.5 Å². The molecule has 1 aliphatic rings. The number of anilines is 1. The lowest BCUT2D eigenvalue weighted by Gasteiger charge is -2.12. The van der Waals surface area contributed by atoms with E-state index in [1.54, 1.807) is 16.7 Å². The predicted molar refractivity (Wildman–Crippen MR) is 181 cm³/mol. The van der Waals surface area contributed by atoms with Crippen LogP contribution in [0.1, 0.15) is 18.7 Å². The second-order valence-corrected chi connectivity index (χ2v) is 12.4. The van der Waals surface area contributed by atoms with Crippen LogP contribution in [0.5, 0.6) is 23.5 Å². The van der Waals surface area contributed by atoms with E-state index in [1.165, 1.54) is 50.3 Å². The Hall–Kier alpha value is -5.09. The Morgan fingerprint density at radius 3 is 2.36 bits per heavy atom. The van der Waals surface area contributed by atoms with Gasteiger partial charge in [-0.15, -0.1) is 16.5 Å². The fourth-order valence-electron chi connectivity index (χ4n) is 4.37. The number of para-hydroxylation sites is 1. The molecule has 2 N–H and O–H groups in total. The van der Waals surface area contributed by atoms with E-state index in [0.29, 0.717) is 28.0 Å². The SMILES string of the molecule is C#CCOc1cc(-n2nc3n(c2=O)CCCC3)c(Cl)cc1Cl.COCCOc1ccccc1S(=O)(=O)NC(=O)Nc1nc(OC)nc(OC)n1. The van der Waals surface area contributed by atoms with Gasteiger partial charge in [0.25, 0.3) is 10.0 Å². The predicted octanol–water partition coefficient (Wildman–Crippen LogP) is 3.11. The molecular weight excluding hydrogens is 719 g/mol. The highest BCUT2D eigenvalue weighted by Crippen LogP contribution is 2.33. The number of urea groups is 1. The van der Waals surface area contributed by atoms with Gasteiger partial charge in [0.05, 0.1) is 36.6 Å². The van der Waals surface area contributed by atoms with Crippen LogP contribution in [0.25, 0.3) is 5.69 Å². The van der Waals surface area contributed by atoms with Crippen LogP contribution in [0, 0.1) is 12.3 Å². The van der Waals surface area contributed by atoms with E-state index < -0.39 is 16.1 Å². The largest absolute Gasteiger partial charge is 0.490 e. The van der Waals surface area contributed by atoms with Crippen LogP contribution in [0.15, 0.2) is 46.1 Å². The molecule has 1 aliphatic heterocycles. The van der Waals surface area contributed by atoms with Gasteiger partial charge in [0.2, 0.25) is 5.95 Å². The number of hydrogen-bond acceptors (Lipinski definition) is 13. The standard InChI is InChI=1S/C15H13Cl2N3O2.C15H19N5O7S/c1-2-7-22-13-9-12(10(16)8-11(13)17)20-15(21)19-6-4-3-5-14(19)18-20;1-24-8-9-27-10-6-4-5-7-11(10)28(22,23)20-13(21)16-12-17-14(25-2)19-15(18-12)26-3/h1,8-9H,3-7H2;4-7H,8-9H2,1-3H3,(H2,16,17,18,19,20,21). The monoisotopic (exact) mass is 750 g/mol. The maximum Gasteiger partial charge on any atom is 0.350 e. The number of carbonyl (C=O) groups is 1. The molecule has 0 radical (unpaired) electrons. The van der Waals surface area contributed by atoms with Gasteiger partial charge >= 0.3 is 23.7 Å². The number of halogens is 2. The molecule has 0 saturated carbocycles. The number of terminal acetylenes is 1. The number of carbonyl (C=O) groups excluding carboxylic acids is 1. The molecule has 3 heterocycles. The maximum atomic E-state index is 12.5. The van der Waals surface area contributed by atoms with Gasteiger partial charge in [-0.25, -0.2) is 22.7 Å². The van der Waals surface area contributed by atoms with Crippen molar-refractivity contribution in [2.45, 2.75) is 30.7 Å². The van der Waals surface area contributed by atoms with Crippen LogP contribution in [0.3, 0.4) is 0 Å². The van der Waals surface area contributed by atoms with E-state index in [0.717, 1.165) is 25.1 Å². The molecule has 0 saturated heterocycles. The number of amides is 2. The summed E-state index contributed by atoms with van der Waals surface area (Å²) in [6, 6.07) is 7.63. The third-order valence-electron chi connectivity index (χ3n) is 6.61. The van der Waals surface area contributed by atoms with Crippen molar-refractivity contribution in [2.24, 2.45) is 0 Å². The van der Waals surface area contributed by atoms with E-state index in [9.17, 15) is 18.0 Å². The number of ether oxygens (including phenoxy) is 5. The molecule has 2 aromatic heterocycles. The Morgan fingerprint density at radius 1 is 0.980 bits per heavy atom. The Balaban J connectivity index is 0.000000231. The van der Waals surface area contributed by atoms with Gasteiger partial charge in [-0.1, -0.05) is 41.3 Å². The zero-order chi connectivity index (χ0) is 36.3. The first-order valence-electron chi connectivity index (χ1n) is 14.6. The van der Waals surface area contributed by atoms with Gasteiger partial charge in [0.1, 0.15) is 35.4 Å². The summed E-state index contributed by atoms with van der Waals surface area (Å²) in [4.78, 5) is 35.7. The van der Waals surface area contributed by atoms with E-state index in [1.807, 2.05) is 4.72 Å². The van der Waals surface area contributed by atoms with E-state index in [-0.39, 0.29) is 54.1 Å². The summed E-state index contributed by atoms with van der Waals surface area (Å²) in [5.41, 5.74) is 0.229. The Labute approximate surface area is 296 Å². The summed E-state index contributed by atoms with van der Waals surface area (Å²) in [5.74, 6) is 3.32. The zero-order valence-electron chi connectivity index (χ0n) is 27.0. The molecule has 2 aromatic carbocycles. The number of benzene rings is 2. The second kappa shape index (κ2) is 17.5. The van der Waals surface area contributed by atoms with Gasteiger partial charge in [-0.05, 0) is 31.0 Å². The molecule has 20 heteroatoms. The molecule has 5 rings (SSSR count). The number of fused-ring (bicyclic) bond motifs is 1. The van der Waals surface area contributed by atoms with Crippen molar-refractivity contribution in [1.29, 1.82) is 0 Å². The molecular formula is C30H32Cl2N8O9S. The highest BCUT2D eigenvalue weighted by atomic mass is 35.5. The molecule has 0 atom stereocenters.